The third-order valence-corrected chi connectivity index (χ3v) is 4.80. The standard InChI is InChI=1S/C15H20N2OS/c1-2-16-13-7-8-18-10-14(13)19-15-9-11-5-3-4-6-12(11)17-15/h3-6,9,13-14,16-17H,2,7-8,10H2,1H3. The number of H-pyrrole nitrogens is 1. The minimum absolute atomic E-state index is 0.488. The molecule has 0 spiro atoms. The van der Waals surface area contributed by atoms with Crippen LogP contribution >= 0.6 is 11.8 Å². The molecule has 0 radical (unpaired) electrons. The first-order valence-corrected chi connectivity index (χ1v) is 7.80. The van der Waals surface area contributed by atoms with Gasteiger partial charge in [0.15, 0.2) is 0 Å². The second-order valence-corrected chi connectivity index (χ2v) is 6.19. The number of benzene rings is 1. The summed E-state index contributed by atoms with van der Waals surface area (Å²) >= 11 is 1.90. The van der Waals surface area contributed by atoms with Crippen LogP contribution in [-0.2, 0) is 4.74 Å². The number of para-hydroxylation sites is 1. The van der Waals surface area contributed by atoms with E-state index in [0.29, 0.717) is 11.3 Å². The van der Waals surface area contributed by atoms with Crippen LogP contribution in [0.5, 0.6) is 0 Å². The Morgan fingerprint density at radius 1 is 1.42 bits per heavy atom. The molecule has 0 amide bonds. The summed E-state index contributed by atoms with van der Waals surface area (Å²) in [6.07, 6.45) is 1.10. The molecule has 0 saturated carbocycles. The molecule has 2 aromatic rings. The summed E-state index contributed by atoms with van der Waals surface area (Å²) in [5.74, 6) is 0. The fraction of sp³-hybridized carbons (Fsp3) is 0.467. The van der Waals surface area contributed by atoms with E-state index in [0.717, 1.165) is 26.2 Å². The van der Waals surface area contributed by atoms with Gasteiger partial charge in [-0.15, -0.1) is 11.8 Å². The summed E-state index contributed by atoms with van der Waals surface area (Å²) in [6, 6.07) is 11.2. The van der Waals surface area contributed by atoms with Gasteiger partial charge in [0, 0.05) is 28.8 Å². The quantitative estimate of drug-likeness (QED) is 0.901. The molecule has 102 valence electrons. The first-order valence-electron chi connectivity index (χ1n) is 6.92. The number of thioether (sulfide) groups is 1. The third kappa shape index (κ3) is 2.96. The molecule has 0 bridgehead atoms. The fourth-order valence-electron chi connectivity index (χ4n) is 2.60. The van der Waals surface area contributed by atoms with Crippen molar-refractivity contribution in [3.8, 4) is 0 Å². The molecule has 4 heteroatoms. The summed E-state index contributed by atoms with van der Waals surface area (Å²) < 4.78 is 5.63. The van der Waals surface area contributed by atoms with Crippen LogP contribution < -0.4 is 5.32 Å². The number of aromatic nitrogens is 1. The summed E-state index contributed by atoms with van der Waals surface area (Å²) in [4.78, 5) is 3.49. The number of nitrogens with one attached hydrogen (secondary N) is 2. The van der Waals surface area contributed by atoms with Gasteiger partial charge in [0.05, 0.1) is 11.6 Å². The van der Waals surface area contributed by atoms with Gasteiger partial charge in [-0.3, -0.25) is 0 Å². The Bertz CT molecular complexity index is 505. The zero-order valence-corrected chi connectivity index (χ0v) is 12.0. The minimum atomic E-state index is 0.488. The molecule has 1 aliphatic rings. The van der Waals surface area contributed by atoms with Crippen molar-refractivity contribution in [2.24, 2.45) is 0 Å². The van der Waals surface area contributed by atoms with Crippen LogP contribution in [-0.4, -0.2) is 36.0 Å². The highest BCUT2D eigenvalue weighted by Gasteiger charge is 2.26. The number of rotatable bonds is 4. The van der Waals surface area contributed by atoms with E-state index in [1.165, 1.54) is 15.9 Å². The van der Waals surface area contributed by atoms with Crippen molar-refractivity contribution in [1.29, 1.82) is 0 Å². The SMILES string of the molecule is CCNC1CCOCC1Sc1cc2ccccc2[nH]1. The highest BCUT2D eigenvalue weighted by molar-refractivity contribution is 8.00. The van der Waals surface area contributed by atoms with E-state index in [-0.39, 0.29) is 0 Å². The maximum Gasteiger partial charge on any atom is 0.0736 e. The molecule has 3 nitrogen and oxygen atoms in total. The Morgan fingerprint density at radius 3 is 3.16 bits per heavy atom. The van der Waals surface area contributed by atoms with Gasteiger partial charge in [-0.05, 0) is 25.1 Å². The van der Waals surface area contributed by atoms with Gasteiger partial charge in [-0.25, -0.2) is 0 Å². The predicted molar refractivity (Wildman–Crippen MR) is 80.8 cm³/mol. The predicted octanol–water partition coefficient (Wildman–Crippen LogP) is 3.03. The van der Waals surface area contributed by atoms with Crippen molar-refractivity contribution in [3.63, 3.8) is 0 Å². The highest BCUT2D eigenvalue weighted by Crippen LogP contribution is 2.30. The van der Waals surface area contributed by atoms with Crippen LogP contribution in [0.25, 0.3) is 10.9 Å². The maximum absolute atomic E-state index is 5.63. The van der Waals surface area contributed by atoms with Crippen molar-refractivity contribution < 1.29 is 4.74 Å². The second-order valence-electron chi connectivity index (χ2n) is 4.90. The van der Waals surface area contributed by atoms with Crippen molar-refractivity contribution in [2.45, 2.75) is 29.7 Å². The number of fused-ring (bicyclic) bond motifs is 1. The van der Waals surface area contributed by atoms with Gasteiger partial charge in [0.1, 0.15) is 0 Å². The van der Waals surface area contributed by atoms with Crippen LogP contribution in [0.2, 0.25) is 0 Å². The lowest BCUT2D eigenvalue weighted by atomic mass is 10.1. The molecule has 1 saturated heterocycles. The normalized spacial score (nSPS) is 23.8. The molecule has 0 aliphatic carbocycles. The van der Waals surface area contributed by atoms with Crippen LogP contribution in [0.3, 0.4) is 0 Å². The maximum atomic E-state index is 5.63. The number of aromatic amines is 1. The minimum Gasteiger partial charge on any atom is -0.380 e. The molecule has 2 atom stereocenters. The van der Waals surface area contributed by atoms with Crippen LogP contribution in [0, 0.1) is 0 Å². The van der Waals surface area contributed by atoms with Crippen LogP contribution in [0.15, 0.2) is 35.4 Å². The molecule has 19 heavy (non-hydrogen) atoms. The lowest BCUT2D eigenvalue weighted by molar-refractivity contribution is 0.0837. The Kier molecular flexibility index (Phi) is 4.11. The molecular weight excluding hydrogens is 256 g/mol. The first-order chi connectivity index (χ1) is 9.36. The van der Waals surface area contributed by atoms with Gasteiger partial charge >= 0.3 is 0 Å². The Balaban J connectivity index is 1.75. The average Bonchev–Trinajstić information content (AvgIpc) is 2.83. The molecule has 1 fully saturated rings. The van der Waals surface area contributed by atoms with E-state index < -0.39 is 0 Å². The van der Waals surface area contributed by atoms with Crippen molar-refractivity contribution in [2.75, 3.05) is 19.8 Å². The van der Waals surface area contributed by atoms with Gasteiger partial charge in [-0.2, -0.15) is 0 Å². The molecule has 1 aromatic heterocycles. The van der Waals surface area contributed by atoms with Crippen molar-refractivity contribution >= 4 is 22.7 Å². The Labute approximate surface area is 118 Å². The molecule has 1 aromatic carbocycles. The summed E-state index contributed by atoms with van der Waals surface area (Å²) in [6.45, 7) is 4.90. The van der Waals surface area contributed by atoms with E-state index in [9.17, 15) is 0 Å². The third-order valence-electron chi connectivity index (χ3n) is 3.55. The zero-order valence-electron chi connectivity index (χ0n) is 11.2. The van der Waals surface area contributed by atoms with E-state index >= 15 is 0 Å². The Hall–Kier alpha value is -0.970. The zero-order chi connectivity index (χ0) is 13.1. The monoisotopic (exact) mass is 276 g/mol. The van der Waals surface area contributed by atoms with E-state index in [1.54, 1.807) is 0 Å². The highest BCUT2D eigenvalue weighted by atomic mass is 32.2. The number of hydrogen-bond acceptors (Lipinski definition) is 3. The number of ether oxygens (including phenoxy) is 1. The van der Waals surface area contributed by atoms with Crippen LogP contribution in [0.1, 0.15) is 13.3 Å². The topological polar surface area (TPSA) is 37.0 Å². The lowest BCUT2D eigenvalue weighted by Crippen LogP contribution is -2.44. The van der Waals surface area contributed by atoms with E-state index in [1.807, 2.05) is 11.8 Å². The molecule has 2 N–H and O–H groups in total. The largest absolute Gasteiger partial charge is 0.380 e. The molecule has 2 unspecified atom stereocenters. The average molecular weight is 276 g/mol. The van der Waals surface area contributed by atoms with Gasteiger partial charge < -0.3 is 15.0 Å². The van der Waals surface area contributed by atoms with Gasteiger partial charge in [0.2, 0.25) is 0 Å². The molecule has 2 heterocycles. The molecule has 3 rings (SSSR count). The van der Waals surface area contributed by atoms with E-state index in [4.69, 9.17) is 4.74 Å². The number of hydrogen-bond donors (Lipinski definition) is 2. The fourth-order valence-corrected chi connectivity index (χ4v) is 3.85. The van der Waals surface area contributed by atoms with Gasteiger partial charge in [0.25, 0.3) is 0 Å². The molecule has 1 aliphatic heterocycles. The summed E-state index contributed by atoms with van der Waals surface area (Å²) in [7, 11) is 0. The summed E-state index contributed by atoms with van der Waals surface area (Å²) in [5.41, 5.74) is 1.21. The summed E-state index contributed by atoms with van der Waals surface area (Å²) in [5, 5.41) is 6.58. The van der Waals surface area contributed by atoms with Crippen LogP contribution in [0.4, 0.5) is 0 Å². The first kappa shape index (κ1) is 13.0. The smallest absolute Gasteiger partial charge is 0.0736 e. The Morgan fingerprint density at radius 2 is 2.32 bits per heavy atom. The molecular formula is C15H20N2OS. The van der Waals surface area contributed by atoms with Crippen molar-refractivity contribution in [3.05, 3.63) is 30.3 Å². The van der Waals surface area contributed by atoms with Gasteiger partial charge in [-0.1, -0.05) is 25.1 Å². The van der Waals surface area contributed by atoms with Crippen molar-refractivity contribution in [1.82, 2.24) is 10.3 Å². The van der Waals surface area contributed by atoms with E-state index in [2.05, 4.69) is 47.6 Å². The second kappa shape index (κ2) is 5.99. The lowest BCUT2D eigenvalue weighted by Gasteiger charge is -2.31.